The van der Waals surface area contributed by atoms with E-state index < -0.39 is 11.7 Å². The zero-order valence-corrected chi connectivity index (χ0v) is 23.5. The number of carbonyl (C=O) groups excluding carboxylic acids is 2. The Morgan fingerprint density at radius 3 is 2.59 bits per heavy atom. The summed E-state index contributed by atoms with van der Waals surface area (Å²) >= 11 is 0. The number of hydrogen-bond donors (Lipinski definition) is 1. The summed E-state index contributed by atoms with van der Waals surface area (Å²) < 4.78 is 6.80. The number of anilines is 1. The number of pyridine rings is 1. The van der Waals surface area contributed by atoms with Crippen LogP contribution in [0.1, 0.15) is 72.8 Å². The number of aryl methyl sites for hydroxylation is 1. The van der Waals surface area contributed by atoms with Gasteiger partial charge in [0.15, 0.2) is 0 Å². The van der Waals surface area contributed by atoms with Crippen LogP contribution >= 0.6 is 0 Å². The molecule has 9 nitrogen and oxygen atoms in total. The maximum atomic E-state index is 14.1. The summed E-state index contributed by atoms with van der Waals surface area (Å²) in [5, 5.41) is 6.55. The van der Waals surface area contributed by atoms with Gasteiger partial charge in [-0.1, -0.05) is 12.1 Å². The number of ether oxygens (including phenoxy) is 1. The molecule has 0 saturated heterocycles. The Labute approximate surface area is 230 Å². The summed E-state index contributed by atoms with van der Waals surface area (Å²) in [6.45, 7) is 8.17. The van der Waals surface area contributed by atoms with Crippen LogP contribution in [0.5, 0.6) is 0 Å². The van der Waals surface area contributed by atoms with Crippen molar-refractivity contribution < 1.29 is 14.3 Å². The van der Waals surface area contributed by atoms with Crippen LogP contribution in [-0.2, 0) is 24.1 Å². The lowest BCUT2D eigenvalue weighted by Gasteiger charge is -2.35. The molecule has 0 bridgehead atoms. The molecule has 1 saturated carbocycles. The highest BCUT2D eigenvalue weighted by Gasteiger charge is 2.40. The fourth-order valence-corrected chi connectivity index (χ4v) is 5.35. The van der Waals surface area contributed by atoms with Crippen LogP contribution in [-0.4, -0.2) is 56.4 Å². The molecular weight excluding hydrogens is 492 g/mol. The van der Waals surface area contributed by atoms with Crippen LogP contribution in [0.25, 0.3) is 0 Å². The van der Waals surface area contributed by atoms with Crippen molar-refractivity contribution in [1.82, 2.24) is 25.1 Å². The van der Waals surface area contributed by atoms with Gasteiger partial charge in [-0.05, 0) is 94.7 Å². The molecule has 9 heteroatoms. The molecule has 0 spiro atoms. The van der Waals surface area contributed by atoms with Crippen molar-refractivity contribution in [3.63, 3.8) is 0 Å². The third-order valence-electron chi connectivity index (χ3n) is 7.36. The van der Waals surface area contributed by atoms with Crippen molar-refractivity contribution >= 4 is 17.7 Å². The van der Waals surface area contributed by atoms with Crippen molar-refractivity contribution in [2.24, 2.45) is 0 Å². The van der Waals surface area contributed by atoms with Crippen molar-refractivity contribution in [3.8, 4) is 0 Å². The SMILES string of the molecule is CNN(Cc1cccnc1)c1cccc(C(=O)N(C2CC2)C2CCc3nn(C(=O)OC(C)(C)C)cc3C2)c1C. The van der Waals surface area contributed by atoms with E-state index >= 15 is 0 Å². The van der Waals surface area contributed by atoms with E-state index in [1.54, 1.807) is 12.4 Å². The van der Waals surface area contributed by atoms with E-state index in [0.717, 1.165) is 59.3 Å². The van der Waals surface area contributed by atoms with E-state index in [1.807, 2.05) is 76.3 Å². The normalized spacial score (nSPS) is 16.9. The average Bonchev–Trinajstić information content (AvgIpc) is 3.63. The first-order valence-corrected chi connectivity index (χ1v) is 13.7. The number of rotatable bonds is 7. The number of nitrogens with one attached hydrogen (secondary N) is 1. The van der Waals surface area contributed by atoms with Crippen LogP contribution in [0.3, 0.4) is 0 Å². The summed E-state index contributed by atoms with van der Waals surface area (Å²) in [6, 6.07) is 10.2. The minimum absolute atomic E-state index is 0.0626. The quantitative estimate of drug-likeness (QED) is 0.444. The second-order valence-corrected chi connectivity index (χ2v) is 11.5. The maximum Gasteiger partial charge on any atom is 0.435 e. The number of hydrogen-bond acceptors (Lipinski definition) is 7. The number of carbonyl (C=O) groups is 2. The summed E-state index contributed by atoms with van der Waals surface area (Å²) in [6.07, 6.45) is 9.20. The fraction of sp³-hybridized carbons (Fsp3) is 0.467. The number of nitrogens with zero attached hydrogens (tertiary/aromatic N) is 5. The molecule has 39 heavy (non-hydrogen) atoms. The van der Waals surface area contributed by atoms with Crippen molar-refractivity contribution in [1.29, 1.82) is 0 Å². The largest absolute Gasteiger partial charge is 0.442 e. The minimum Gasteiger partial charge on any atom is -0.442 e. The standard InChI is InChI=1S/C30H38N6O3/c1-20-25(9-6-10-27(20)34(31-5)18-21-8-7-15-32-17-21)28(37)36(23-11-12-23)24-13-14-26-22(16-24)19-35(33-26)29(38)39-30(2,3)4/h6-10,15,17,19,23-24,31H,11-14,16,18H2,1-5H3. The average molecular weight is 531 g/mol. The lowest BCUT2D eigenvalue weighted by atomic mass is 9.91. The van der Waals surface area contributed by atoms with Gasteiger partial charge in [0.1, 0.15) is 5.60 Å². The number of aromatic nitrogens is 3. The lowest BCUT2D eigenvalue weighted by molar-refractivity contribution is 0.0513. The van der Waals surface area contributed by atoms with Crippen LogP contribution in [0, 0.1) is 6.92 Å². The molecule has 2 heterocycles. The first kappa shape index (κ1) is 26.9. The zero-order chi connectivity index (χ0) is 27.7. The lowest BCUT2D eigenvalue weighted by Crippen LogP contribution is -2.45. The van der Waals surface area contributed by atoms with Gasteiger partial charge in [-0.3, -0.25) is 9.78 Å². The molecule has 1 amide bonds. The second-order valence-electron chi connectivity index (χ2n) is 11.5. The topological polar surface area (TPSA) is 92.6 Å². The molecule has 1 fully saturated rings. The van der Waals surface area contributed by atoms with Gasteiger partial charge in [0.25, 0.3) is 5.91 Å². The van der Waals surface area contributed by atoms with E-state index in [9.17, 15) is 9.59 Å². The summed E-state index contributed by atoms with van der Waals surface area (Å²) in [4.78, 5) is 33.0. The predicted molar refractivity (Wildman–Crippen MR) is 150 cm³/mol. The molecule has 1 atom stereocenters. The monoisotopic (exact) mass is 530 g/mol. The van der Waals surface area contributed by atoms with Crippen LogP contribution in [0.2, 0.25) is 0 Å². The first-order chi connectivity index (χ1) is 18.6. The molecule has 2 aliphatic carbocycles. The van der Waals surface area contributed by atoms with Crippen LogP contribution in [0.15, 0.2) is 48.9 Å². The summed E-state index contributed by atoms with van der Waals surface area (Å²) in [5.74, 6) is 0.0715. The number of benzene rings is 1. The Kier molecular flexibility index (Phi) is 7.44. The van der Waals surface area contributed by atoms with E-state index in [-0.39, 0.29) is 18.0 Å². The molecule has 1 N–H and O–H groups in total. The van der Waals surface area contributed by atoms with Crippen LogP contribution in [0.4, 0.5) is 10.5 Å². The van der Waals surface area contributed by atoms with Gasteiger partial charge >= 0.3 is 6.09 Å². The molecule has 1 unspecified atom stereocenters. The summed E-state index contributed by atoms with van der Waals surface area (Å²) in [7, 11) is 1.89. The number of hydrazine groups is 1. The van der Waals surface area contributed by atoms with E-state index in [2.05, 4.69) is 20.4 Å². The molecular formula is C30H38N6O3. The van der Waals surface area contributed by atoms with Gasteiger partial charge in [-0.15, -0.1) is 0 Å². The smallest absolute Gasteiger partial charge is 0.435 e. The van der Waals surface area contributed by atoms with Gasteiger partial charge < -0.3 is 14.6 Å². The van der Waals surface area contributed by atoms with Crippen molar-refractivity contribution in [2.45, 2.75) is 84.0 Å². The molecule has 0 aliphatic heterocycles. The molecule has 206 valence electrons. The van der Waals surface area contributed by atoms with Gasteiger partial charge in [0.05, 0.1) is 17.9 Å². The highest BCUT2D eigenvalue weighted by atomic mass is 16.6. The molecule has 5 rings (SSSR count). The Hall–Kier alpha value is -3.72. The van der Waals surface area contributed by atoms with Crippen LogP contribution < -0.4 is 10.4 Å². The van der Waals surface area contributed by atoms with E-state index in [1.165, 1.54) is 4.68 Å². The Balaban J connectivity index is 1.37. The Morgan fingerprint density at radius 1 is 1.13 bits per heavy atom. The molecule has 0 radical (unpaired) electrons. The maximum absolute atomic E-state index is 14.1. The van der Waals surface area contributed by atoms with Crippen molar-refractivity contribution in [3.05, 3.63) is 76.9 Å². The van der Waals surface area contributed by atoms with Gasteiger partial charge in [0, 0.05) is 43.3 Å². The first-order valence-electron chi connectivity index (χ1n) is 13.7. The minimum atomic E-state index is -0.589. The Morgan fingerprint density at radius 2 is 1.92 bits per heavy atom. The van der Waals surface area contributed by atoms with E-state index in [0.29, 0.717) is 13.0 Å². The molecule has 2 aromatic heterocycles. The molecule has 1 aromatic carbocycles. The zero-order valence-electron chi connectivity index (χ0n) is 23.5. The van der Waals surface area contributed by atoms with Gasteiger partial charge in [-0.25, -0.2) is 10.2 Å². The van der Waals surface area contributed by atoms with Gasteiger partial charge in [0.2, 0.25) is 0 Å². The molecule has 3 aromatic rings. The highest BCUT2D eigenvalue weighted by molar-refractivity contribution is 5.97. The summed E-state index contributed by atoms with van der Waals surface area (Å²) in [5.41, 5.74) is 8.32. The number of fused-ring (bicyclic) bond motifs is 1. The van der Waals surface area contributed by atoms with Crippen molar-refractivity contribution in [2.75, 3.05) is 12.1 Å². The highest BCUT2D eigenvalue weighted by Crippen LogP contribution is 2.36. The number of amides is 1. The molecule has 2 aliphatic rings. The third-order valence-corrected chi connectivity index (χ3v) is 7.36. The fourth-order valence-electron chi connectivity index (χ4n) is 5.35. The predicted octanol–water partition coefficient (Wildman–Crippen LogP) is 4.67. The van der Waals surface area contributed by atoms with Gasteiger partial charge in [-0.2, -0.15) is 9.78 Å². The third kappa shape index (κ3) is 5.98. The Bertz CT molecular complexity index is 1340. The van der Waals surface area contributed by atoms with E-state index in [4.69, 9.17) is 4.74 Å². The second kappa shape index (κ2) is 10.8.